The molecule has 0 saturated carbocycles. The summed E-state index contributed by atoms with van der Waals surface area (Å²) < 4.78 is 2.49. The highest BCUT2D eigenvalue weighted by Crippen LogP contribution is 2.20. The van der Waals surface area contributed by atoms with Gasteiger partial charge in [-0.3, -0.25) is 0 Å². The van der Waals surface area contributed by atoms with Crippen molar-refractivity contribution >= 4 is 11.0 Å². The minimum Gasteiger partial charge on any atom is -0.328 e. The van der Waals surface area contributed by atoms with Gasteiger partial charge in [-0.15, -0.1) is 0 Å². The van der Waals surface area contributed by atoms with Crippen LogP contribution in [0.2, 0.25) is 0 Å². The fourth-order valence-corrected chi connectivity index (χ4v) is 4.93. The lowest BCUT2D eigenvalue weighted by atomic mass is 10.0. The van der Waals surface area contributed by atoms with Gasteiger partial charge in [-0.05, 0) is 58.1 Å². The number of benzene rings is 1. The van der Waals surface area contributed by atoms with Crippen molar-refractivity contribution < 1.29 is 0 Å². The summed E-state index contributed by atoms with van der Waals surface area (Å²) in [5.41, 5.74) is 3.80. The Kier molecular flexibility index (Phi) is 14.5. The number of fused-ring (bicyclic) bond motifs is 1. The molecule has 3 heteroatoms. The topological polar surface area (TPSA) is 21.1 Å². The van der Waals surface area contributed by atoms with E-state index < -0.39 is 0 Å². The molecule has 0 N–H and O–H groups in total. The Morgan fingerprint density at radius 3 is 1.82 bits per heavy atom. The molecule has 1 heterocycles. The lowest BCUT2D eigenvalue weighted by molar-refractivity contribution is 0.386. The van der Waals surface area contributed by atoms with Crippen LogP contribution in [0.5, 0.6) is 0 Å². The summed E-state index contributed by atoms with van der Waals surface area (Å²) in [4.78, 5) is 7.30. The monoisotopic (exact) mass is 455 g/mol. The van der Waals surface area contributed by atoms with Gasteiger partial charge in [0.1, 0.15) is 5.82 Å². The predicted molar refractivity (Wildman–Crippen MR) is 146 cm³/mol. The van der Waals surface area contributed by atoms with Crippen LogP contribution in [0.15, 0.2) is 18.2 Å². The van der Waals surface area contributed by atoms with Crippen molar-refractivity contribution in [2.45, 2.75) is 130 Å². The van der Waals surface area contributed by atoms with E-state index in [4.69, 9.17) is 4.98 Å². The summed E-state index contributed by atoms with van der Waals surface area (Å²) in [5, 5.41) is 0. The second-order valence-corrected chi connectivity index (χ2v) is 10.5. The number of hydrogen-bond acceptors (Lipinski definition) is 2. The van der Waals surface area contributed by atoms with E-state index in [-0.39, 0.29) is 0 Å². The van der Waals surface area contributed by atoms with Crippen LogP contribution in [-0.4, -0.2) is 35.1 Å². The predicted octanol–water partition coefficient (Wildman–Crippen LogP) is 8.71. The molecule has 1 aromatic heterocycles. The van der Waals surface area contributed by atoms with Gasteiger partial charge in [0.2, 0.25) is 0 Å². The van der Waals surface area contributed by atoms with Gasteiger partial charge in [-0.25, -0.2) is 4.98 Å². The molecule has 0 atom stereocenters. The zero-order valence-corrected chi connectivity index (χ0v) is 22.5. The molecule has 0 aliphatic rings. The Hall–Kier alpha value is -1.35. The van der Waals surface area contributed by atoms with Gasteiger partial charge in [0, 0.05) is 13.0 Å². The summed E-state index contributed by atoms with van der Waals surface area (Å²) in [7, 11) is 4.32. The van der Waals surface area contributed by atoms with E-state index in [1.165, 1.54) is 125 Å². The molecule has 3 nitrogen and oxygen atoms in total. The lowest BCUT2D eigenvalue weighted by Crippen LogP contribution is -2.16. The third-order valence-corrected chi connectivity index (χ3v) is 6.97. The van der Waals surface area contributed by atoms with Crippen LogP contribution in [-0.2, 0) is 13.0 Å². The van der Waals surface area contributed by atoms with Gasteiger partial charge in [0.15, 0.2) is 0 Å². The van der Waals surface area contributed by atoms with Crippen LogP contribution in [0, 0.1) is 6.92 Å². The molecular weight excluding hydrogens is 402 g/mol. The first-order valence-corrected chi connectivity index (χ1v) is 14.2. The highest BCUT2D eigenvalue weighted by atomic mass is 15.1. The van der Waals surface area contributed by atoms with Crippen LogP contribution in [0.3, 0.4) is 0 Å². The zero-order chi connectivity index (χ0) is 23.7. The van der Waals surface area contributed by atoms with E-state index in [0.29, 0.717) is 0 Å². The number of rotatable bonds is 20. The van der Waals surface area contributed by atoms with Crippen LogP contribution >= 0.6 is 0 Å². The molecule has 33 heavy (non-hydrogen) atoms. The Balaban J connectivity index is 1.58. The molecule has 1 aromatic carbocycles. The van der Waals surface area contributed by atoms with Crippen LogP contribution in [0.1, 0.15) is 121 Å². The van der Waals surface area contributed by atoms with E-state index in [9.17, 15) is 0 Å². The Morgan fingerprint density at radius 2 is 1.27 bits per heavy atom. The van der Waals surface area contributed by atoms with Crippen molar-refractivity contribution in [3.05, 3.63) is 29.6 Å². The van der Waals surface area contributed by atoms with Crippen molar-refractivity contribution in [2.75, 3.05) is 20.6 Å². The van der Waals surface area contributed by atoms with Gasteiger partial charge in [-0.1, -0.05) is 103 Å². The average molecular weight is 456 g/mol. The maximum Gasteiger partial charge on any atom is 0.109 e. The molecule has 2 rings (SSSR count). The van der Waals surface area contributed by atoms with Crippen LogP contribution < -0.4 is 0 Å². The fraction of sp³-hybridized carbons (Fsp3) is 0.767. The number of hydrogen-bond donors (Lipinski definition) is 0. The number of aromatic nitrogens is 2. The Labute approximate surface area is 205 Å². The summed E-state index contributed by atoms with van der Waals surface area (Å²) in [6.07, 6.45) is 23.6. The van der Waals surface area contributed by atoms with Gasteiger partial charge >= 0.3 is 0 Å². The summed E-state index contributed by atoms with van der Waals surface area (Å²) in [6, 6.07) is 6.74. The molecule has 0 aliphatic heterocycles. The van der Waals surface area contributed by atoms with E-state index in [1.54, 1.807) is 0 Å². The second kappa shape index (κ2) is 17.1. The van der Waals surface area contributed by atoms with E-state index >= 15 is 0 Å². The maximum absolute atomic E-state index is 5.02. The lowest BCUT2D eigenvalue weighted by Gasteiger charge is -2.12. The minimum atomic E-state index is 1.08. The summed E-state index contributed by atoms with van der Waals surface area (Å²) >= 11 is 0. The molecule has 0 saturated heterocycles. The first-order chi connectivity index (χ1) is 16.1. The molecule has 0 unspecified atom stereocenters. The van der Waals surface area contributed by atoms with Crippen molar-refractivity contribution in [1.29, 1.82) is 0 Å². The first-order valence-electron chi connectivity index (χ1n) is 14.2. The van der Waals surface area contributed by atoms with Crippen molar-refractivity contribution in [1.82, 2.24) is 14.5 Å². The SMILES string of the molecule is CCCCCCCCCCCCCCCCCc1nc2cc(C)ccc2n1CCCN(C)C. The van der Waals surface area contributed by atoms with E-state index in [0.717, 1.165) is 19.5 Å². The molecule has 0 radical (unpaired) electrons. The third-order valence-electron chi connectivity index (χ3n) is 6.97. The maximum atomic E-state index is 5.02. The molecule has 188 valence electrons. The Bertz CT molecular complexity index is 746. The largest absolute Gasteiger partial charge is 0.328 e. The smallest absolute Gasteiger partial charge is 0.109 e. The van der Waals surface area contributed by atoms with Crippen molar-refractivity contribution in [3.63, 3.8) is 0 Å². The highest BCUT2D eigenvalue weighted by molar-refractivity contribution is 5.76. The van der Waals surface area contributed by atoms with Gasteiger partial charge in [0.05, 0.1) is 11.0 Å². The quantitative estimate of drug-likeness (QED) is 0.186. The standard InChI is InChI=1S/C30H53N3/c1-5-6-7-8-9-10-11-12-13-14-15-16-17-18-19-21-30-31-28-26-27(2)22-23-29(28)33(30)25-20-24-32(3)4/h22-23,26H,5-21,24-25H2,1-4H3. The van der Waals surface area contributed by atoms with Crippen LogP contribution in [0.25, 0.3) is 11.0 Å². The third kappa shape index (κ3) is 11.6. The molecule has 0 bridgehead atoms. The van der Waals surface area contributed by atoms with Crippen molar-refractivity contribution in [2.24, 2.45) is 0 Å². The first kappa shape index (κ1) is 27.9. The zero-order valence-electron chi connectivity index (χ0n) is 22.5. The molecule has 0 aliphatic carbocycles. The average Bonchev–Trinajstić information content (AvgIpc) is 3.12. The second-order valence-electron chi connectivity index (χ2n) is 10.5. The summed E-state index contributed by atoms with van der Waals surface area (Å²) in [5.74, 6) is 1.30. The van der Waals surface area contributed by atoms with Crippen molar-refractivity contribution in [3.8, 4) is 0 Å². The van der Waals surface area contributed by atoms with Gasteiger partial charge in [0.25, 0.3) is 0 Å². The number of imidazole rings is 1. The molecule has 0 spiro atoms. The highest BCUT2D eigenvalue weighted by Gasteiger charge is 2.11. The number of nitrogens with zero attached hydrogens (tertiary/aromatic N) is 3. The molecule has 0 fully saturated rings. The van der Waals surface area contributed by atoms with Gasteiger partial charge in [-0.2, -0.15) is 0 Å². The van der Waals surface area contributed by atoms with Crippen LogP contribution in [0.4, 0.5) is 0 Å². The Morgan fingerprint density at radius 1 is 0.727 bits per heavy atom. The summed E-state index contributed by atoms with van der Waals surface area (Å²) in [6.45, 7) is 6.67. The van der Waals surface area contributed by atoms with Gasteiger partial charge < -0.3 is 9.47 Å². The molecular formula is C30H53N3. The number of aryl methyl sites for hydroxylation is 3. The van der Waals surface area contributed by atoms with E-state index in [1.807, 2.05) is 0 Å². The normalized spacial score (nSPS) is 11.8. The molecule has 0 amide bonds. The molecule has 2 aromatic rings. The minimum absolute atomic E-state index is 1.08. The number of unbranched alkanes of at least 4 members (excludes halogenated alkanes) is 14. The fourth-order valence-electron chi connectivity index (χ4n) is 4.93. The van der Waals surface area contributed by atoms with E-state index in [2.05, 4.69) is 55.6 Å².